The fraction of sp³-hybridized carbons (Fsp3) is 0.588. The molecule has 134 valence electrons. The van der Waals surface area contributed by atoms with Gasteiger partial charge in [0, 0.05) is 13.1 Å². The molecular weight excluding hydrogens is 328 g/mol. The molecule has 6 nitrogen and oxygen atoms in total. The second kappa shape index (κ2) is 7.88. The Labute approximate surface area is 144 Å². The summed E-state index contributed by atoms with van der Waals surface area (Å²) < 4.78 is 30.5. The van der Waals surface area contributed by atoms with E-state index in [-0.39, 0.29) is 18.5 Å². The van der Waals surface area contributed by atoms with Crippen molar-refractivity contribution in [3.05, 3.63) is 24.3 Å². The highest BCUT2D eigenvalue weighted by atomic mass is 32.2. The van der Waals surface area contributed by atoms with Crippen LogP contribution in [0.2, 0.25) is 0 Å². The summed E-state index contributed by atoms with van der Waals surface area (Å²) in [5, 5.41) is 0. The molecule has 7 heteroatoms. The Kier molecular flexibility index (Phi) is 6.10. The predicted octanol–water partition coefficient (Wildman–Crippen LogP) is 2.25. The molecule has 0 aliphatic heterocycles. The normalized spacial score (nSPS) is 15.8. The van der Waals surface area contributed by atoms with Gasteiger partial charge in [0.15, 0.2) is 0 Å². The summed E-state index contributed by atoms with van der Waals surface area (Å²) in [6.45, 7) is -0.182. The Hall–Kier alpha value is -1.76. The first kappa shape index (κ1) is 18.6. The second-order valence-electron chi connectivity index (χ2n) is 6.26. The van der Waals surface area contributed by atoms with Gasteiger partial charge in [-0.05, 0) is 37.1 Å². The molecule has 0 saturated heterocycles. The highest BCUT2D eigenvalue weighted by Gasteiger charge is 2.26. The predicted molar refractivity (Wildman–Crippen MR) is 94.8 cm³/mol. The van der Waals surface area contributed by atoms with Crippen LogP contribution in [-0.2, 0) is 14.8 Å². The summed E-state index contributed by atoms with van der Waals surface area (Å²) in [6, 6.07) is 6.87. The summed E-state index contributed by atoms with van der Waals surface area (Å²) >= 11 is 0. The zero-order valence-electron chi connectivity index (χ0n) is 14.6. The van der Waals surface area contributed by atoms with Crippen molar-refractivity contribution in [3.63, 3.8) is 0 Å². The minimum Gasteiger partial charge on any atom is -0.497 e. The Morgan fingerprint density at radius 3 is 2.25 bits per heavy atom. The number of hydrogen-bond donors (Lipinski definition) is 0. The fourth-order valence-corrected chi connectivity index (χ4v) is 3.90. The van der Waals surface area contributed by atoms with Crippen LogP contribution in [0, 0.1) is 0 Å². The van der Waals surface area contributed by atoms with E-state index in [2.05, 4.69) is 0 Å². The topological polar surface area (TPSA) is 66.9 Å². The summed E-state index contributed by atoms with van der Waals surface area (Å²) in [7, 11) is -0.234. The van der Waals surface area contributed by atoms with E-state index >= 15 is 0 Å². The Morgan fingerprint density at radius 2 is 1.75 bits per heavy atom. The zero-order valence-corrected chi connectivity index (χ0v) is 15.4. The molecule has 24 heavy (non-hydrogen) atoms. The average molecular weight is 354 g/mol. The van der Waals surface area contributed by atoms with Crippen molar-refractivity contribution >= 4 is 21.6 Å². The Bertz CT molecular complexity index is 652. The third kappa shape index (κ3) is 4.63. The number of hydrogen-bond acceptors (Lipinski definition) is 4. The molecule has 1 amide bonds. The molecular formula is C17H26N2O4S. The van der Waals surface area contributed by atoms with Gasteiger partial charge in [-0.3, -0.25) is 9.10 Å². The van der Waals surface area contributed by atoms with Crippen molar-refractivity contribution in [1.82, 2.24) is 4.90 Å². The number of carbonyl (C=O) groups excluding carboxylic acids is 1. The first-order valence-corrected chi connectivity index (χ1v) is 10.0. The van der Waals surface area contributed by atoms with Gasteiger partial charge in [0.1, 0.15) is 12.3 Å². The lowest BCUT2D eigenvalue weighted by atomic mass is 9.94. The molecule has 0 heterocycles. The maximum absolute atomic E-state index is 12.6. The zero-order chi connectivity index (χ0) is 17.7. The first-order chi connectivity index (χ1) is 11.3. The quantitative estimate of drug-likeness (QED) is 0.786. The molecule has 1 aliphatic carbocycles. The van der Waals surface area contributed by atoms with Crippen LogP contribution in [-0.4, -0.2) is 52.2 Å². The fourth-order valence-electron chi connectivity index (χ4n) is 3.05. The van der Waals surface area contributed by atoms with Gasteiger partial charge in [0.25, 0.3) is 0 Å². The van der Waals surface area contributed by atoms with E-state index in [4.69, 9.17) is 4.74 Å². The molecule has 0 spiro atoms. The molecule has 0 N–H and O–H groups in total. The maximum Gasteiger partial charge on any atom is 0.243 e. The van der Waals surface area contributed by atoms with Gasteiger partial charge < -0.3 is 9.64 Å². The molecule has 0 radical (unpaired) electrons. The molecule has 1 saturated carbocycles. The number of nitrogens with zero attached hydrogens (tertiary/aromatic N) is 2. The van der Waals surface area contributed by atoms with Crippen LogP contribution in [0.15, 0.2) is 24.3 Å². The van der Waals surface area contributed by atoms with Gasteiger partial charge >= 0.3 is 0 Å². The molecule has 2 rings (SSSR count). The summed E-state index contributed by atoms with van der Waals surface area (Å²) in [5.74, 6) is 0.459. The van der Waals surface area contributed by atoms with Crippen LogP contribution in [0.5, 0.6) is 5.75 Å². The monoisotopic (exact) mass is 354 g/mol. The van der Waals surface area contributed by atoms with E-state index in [1.807, 2.05) is 0 Å². The lowest BCUT2D eigenvalue weighted by molar-refractivity contribution is -0.130. The number of methoxy groups -OCH3 is 1. The molecule has 1 aromatic rings. The smallest absolute Gasteiger partial charge is 0.243 e. The lowest BCUT2D eigenvalue weighted by Crippen LogP contribution is -2.45. The number of ether oxygens (including phenoxy) is 1. The number of rotatable bonds is 6. The van der Waals surface area contributed by atoms with Crippen molar-refractivity contribution in [2.24, 2.45) is 0 Å². The van der Waals surface area contributed by atoms with Crippen molar-refractivity contribution in [1.29, 1.82) is 0 Å². The highest BCUT2D eigenvalue weighted by molar-refractivity contribution is 7.92. The molecule has 1 fully saturated rings. The summed E-state index contributed by atoms with van der Waals surface area (Å²) in [5.41, 5.74) is 0.462. The average Bonchev–Trinajstić information content (AvgIpc) is 2.58. The van der Waals surface area contributed by atoms with Gasteiger partial charge in [-0.1, -0.05) is 19.3 Å². The van der Waals surface area contributed by atoms with E-state index < -0.39 is 10.0 Å². The van der Waals surface area contributed by atoms with Crippen LogP contribution in [0.1, 0.15) is 32.1 Å². The van der Waals surface area contributed by atoms with Crippen LogP contribution in [0.3, 0.4) is 0 Å². The number of benzene rings is 1. The molecule has 0 aromatic heterocycles. The van der Waals surface area contributed by atoms with Crippen molar-refractivity contribution in [2.75, 3.05) is 31.3 Å². The van der Waals surface area contributed by atoms with E-state index in [9.17, 15) is 13.2 Å². The molecule has 1 aromatic carbocycles. The van der Waals surface area contributed by atoms with Gasteiger partial charge in [-0.2, -0.15) is 0 Å². The van der Waals surface area contributed by atoms with Crippen molar-refractivity contribution in [3.8, 4) is 5.75 Å². The second-order valence-corrected chi connectivity index (χ2v) is 8.17. The molecule has 0 atom stereocenters. The third-order valence-electron chi connectivity index (χ3n) is 4.56. The lowest BCUT2D eigenvalue weighted by Gasteiger charge is -2.33. The maximum atomic E-state index is 12.6. The molecule has 0 bridgehead atoms. The van der Waals surface area contributed by atoms with E-state index in [0.29, 0.717) is 11.4 Å². The minimum atomic E-state index is -3.55. The largest absolute Gasteiger partial charge is 0.497 e. The SMILES string of the molecule is COc1ccc(N(CC(=O)N(C)C2CCCCC2)S(C)(=O)=O)cc1. The number of carbonyl (C=O) groups is 1. The summed E-state index contributed by atoms with van der Waals surface area (Å²) in [4.78, 5) is 14.3. The standard InChI is InChI=1S/C17H26N2O4S/c1-18(14-7-5-4-6-8-14)17(20)13-19(24(3,21)22)15-9-11-16(23-2)12-10-15/h9-12,14H,4-8,13H2,1-3H3. The van der Waals surface area contributed by atoms with E-state index in [1.165, 1.54) is 6.42 Å². The number of likely N-dealkylation sites (N-methyl/N-ethyl adjacent to an activating group) is 1. The summed E-state index contributed by atoms with van der Waals surface area (Å²) in [6.07, 6.45) is 6.55. The number of sulfonamides is 1. The molecule has 1 aliphatic rings. The van der Waals surface area contributed by atoms with Crippen LogP contribution in [0.4, 0.5) is 5.69 Å². The highest BCUT2D eigenvalue weighted by Crippen LogP contribution is 2.24. The van der Waals surface area contributed by atoms with Gasteiger partial charge in [0.2, 0.25) is 15.9 Å². The first-order valence-electron chi connectivity index (χ1n) is 8.20. The molecule has 0 unspecified atom stereocenters. The van der Waals surface area contributed by atoms with Crippen LogP contribution in [0.25, 0.3) is 0 Å². The third-order valence-corrected chi connectivity index (χ3v) is 5.70. The van der Waals surface area contributed by atoms with E-state index in [0.717, 1.165) is 36.2 Å². The van der Waals surface area contributed by atoms with Gasteiger partial charge in [-0.25, -0.2) is 8.42 Å². The minimum absolute atomic E-state index is 0.178. The number of anilines is 1. The Morgan fingerprint density at radius 1 is 1.17 bits per heavy atom. The van der Waals surface area contributed by atoms with Crippen molar-refractivity contribution < 1.29 is 17.9 Å². The van der Waals surface area contributed by atoms with Crippen LogP contribution >= 0.6 is 0 Å². The number of amides is 1. The van der Waals surface area contributed by atoms with Gasteiger partial charge in [-0.15, -0.1) is 0 Å². The van der Waals surface area contributed by atoms with E-state index in [1.54, 1.807) is 43.3 Å². The van der Waals surface area contributed by atoms with Gasteiger partial charge in [0.05, 0.1) is 19.1 Å². The van der Waals surface area contributed by atoms with Crippen LogP contribution < -0.4 is 9.04 Å². The Balaban J connectivity index is 2.14. The van der Waals surface area contributed by atoms with Crippen molar-refractivity contribution in [2.45, 2.75) is 38.1 Å².